The molecule has 1 nitrogen and oxygen atoms in total. The minimum Gasteiger partial charge on any atom is -0.352 e. The number of hydrogen-bond donors (Lipinski definition) is 1. The molecule has 0 fully saturated rings. The Balaban J connectivity index is 2.25. The molecule has 0 heterocycles. The number of aryl methyl sites for hydroxylation is 1. The molecule has 0 aliphatic heterocycles. The SMILES string of the molecule is CCc1ccc(Nc2c(F)cccc2Cl)cc1. The van der Waals surface area contributed by atoms with Gasteiger partial charge in [-0.05, 0) is 36.2 Å². The summed E-state index contributed by atoms with van der Waals surface area (Å²) in [5, 5.41) is 3.36. The summed E-state index contributed by atoms with van der Waals surface area (Å²) in [7, 11) is 0. The number of benzene rings is 2. The van der Waals surface area contributed by atoms with Crippen molar-refractivity contribution in [3.05, 3.63) is 58.9 Å². The monoisotopic (exact) mass is 249 g/mol. The molecule has 0 radical (unpaired) electrons. The van der Waals surface area contributed by atoms with Crippen LogP contribution in [0.4, 0.5) is 15.8 Å². The number of anilines is 2. The van der Waals surface area contributed by atoms with E-state index in [1.807, 2.05) is 24.3 Å². The van der Waals surface area contributed by atoms with Crippen molar-refractivity contribution >= 4 is 23.0 Å². The van der Waals surface area contributed by atoms with Gasteiger partial charge in [0, 0.05) is 5.69 Å². The van der Waals surface area contributed by atoms with Crippen LogP contribution < -0.4 is 5.32 Å². The largest absolute Gasteiger partial charge is 0.352 e. The van der Waals surface area contributed by atoms with E-state index in [9.17, 15) is 4.39 Å². The first-order chi connectivity index (χ1) is 8.20. The van der Waals surface area contributed by atoms with Crippen LogP contribution in [-0.2, 0) is 6.42 Å². The fourth-order valence-electron chi connectivity index (χ4n) is 1.59. The Labute approximate surface area is 105 Å². The first kappa shape index (κ1) is 11.9. The predicted molar refractivity (Wildman–Crippen MR) is 70.5 cm³/mol. The number of nitrogens with one attached hydrogen (secondary N) is 1. The van der Waals surface area contributed by atoms with E-state index < -0.39 is 0 Å². The average Bonchev–Trinajstić information content (AvgIpc) is 2.35. The van der Waals surface area contributed by atoms with Gasteiger partial charge in [0.15, 0.2) is 0 Å². The van der Waals surface area contributed by atoms with Gasteiger partial charge in [-0.3, -0.25) is 0 Å². The second kappa shape index (κ2) is 5.19. The van der Waals surface area contributed by atoms with Gasteiger partial charge >= 0.3 is 0 Å². The van der Waals surface area contributed by atoms with Gasteiger partial charge in [-0.1, -0.05) is 36.7 Å². The van der Waals surface area contributed by atoms with Crippen molar-refractivity contribution < 1.29 is 4.39 Å². The molecule has 0 saturated carbocycles. The molecule has 0 aliphatic carbocycles. The lowest BCUT2D eigenvalue weighted by Gasteiger charge is -2.09. The van der Waals surface area contributed by atoms with Crippen LogP contribution in [0.5, 0.6) is 0 Å². The third kappa shape index (κ3) is 2.77. The van der Waals surface area contributed by atoms with E-state index in [-0.39, 0.29) is 5.82 Å². The van der Waals surface area contributed by atoms with Crippen LogP contribution in [0, 0.1) is 5.82 Å². The molecule has 0 bridgehead atoms. The molecule has 2 aromatic carbocycles. The summed E-state index contributed by atoms with van der Waals surface area (Å²) < 4.78 is 13.5. The molecule has 0 amide bonds. The lowest BCUT2D eigenvalue weighted by molar-refractivity contribution is 0.632. The zero-order chi connectivity index (χ0) is 12.3. The highest BCUT2D eigenvalue weighted by Crippen LogP contribution is 2.28. The Morgan fingerprint density at radius 3 is 2.41 bits per heavy atom. The Morgan fingerprint density at radius 2 is 1.82 bits per heavy atom. The summed E-state index contributed by atoms with van der Waals surface area (Å²) in [6.07, 6.45) is 0.987. The molecule has 0 unspecified atom stereocenters. The van der Waals surface area contributed by atoms with E-state index >= 15 is 0 Å². The van der Waals surface area contributed by atoms with E-state index in [2.05, 4.69) is 12.2 Å². The first-order valence-corrected chi connectivity index (χ1v) is 5.88. The highest BCUT2D eigenvalue weighted by molar-refractivity contribution is 6.33. The van der Waals surface area contributed by atoms with Gasteiger partial charge in [0.25, 0.3) is 0 Å². The lowest BCUT2D eigenvalue weighted by atomic mass is 10.1. The van der Waals surface area contributed by atoms with Gasteiger partial charge < -0.3 is 5.32 Å². The third-order valence-electron chi connectivity index (χ3n) is 2.59. The summed E-state index contributed by atoms with van der Waals surface area (Å²) in [5.74, 6) is -0.350. The number of halogens is 2. The standard InChI is InChI=1S/C14H13ClFN/c1-2-10-6-8-11(9-7-10)17-14-12(15)4-3-5-13(14)16/h3-9,17H,2H2,1H3. The van der Waals surface area contributed by atoms with Crippen molar-refractivity contribution in [1.29, 1.82) is 0 Å². The number of hydrogen-bond acceptors (Lipinski definition) is 1. The van der Waals surface area contributed by atoms with Crippen molar-refractivity contribution in [3.8, 4) is 0 Å². The maximum Gasteiger partial charge on any atom is 0.148 e. The van der Waals surface area contributed by atoms with Crippen LogP contribution >= 0.6 is 11.6 Å². The highest BCUT2D eigenvalue weighted by atomic mass is 35.5. The summed E-state index contributed by atoms with van der Waals surface area (Å²) >= 11 is 5.94. The topological polar surface area (TPSA) is 12.0 Å². The second-order valence-electron chi connectivity index (χ2n) is 3.77. The van der Waals surface area contributed by atoms with Crippen LogP contribution in [0.2, 0.25) is 5.02 Å². The maximum atomic E-state index is 13.5. The van der Waals surface area contributed by atoms with Crippen LogP contribution in [-0.4, -0.2) is 0 Å². The van der Waals surface area contributed by atoms with E-state index in [1.165, 1.54) is 11.6 Å². The van der Waals surface area contributed by atoms with E-state index in [1.54, 1.807) is 12.1 Å². The average molecular weight is 250 g/mol. The van der Waals surface area contributed by atoms with Gasteiger partial charge in [0.05, 0.1) is 10.7 Å². The van der Waals surface area contributed by atoms with Crippen LogP contribution in [0.25, 0.3) is 0 Å². The molecule has 1 N–H and O–H groups in total. The first-order valence-electron chi connectivity index (χ1n) is 5.50. The summed E-state index contributed by atoms with van der Waals surface area (Å²) in [4.78, 5) is 0. The van der Waals surface area contributed by atoms with Gasteiger partial charge in [0.2, 0.25) is 0 Å². The van der Waals surface area contributed by atoms with Gasteiger partial charge in [-0.2, -0.15) is 0 Å². The third-order valence-corrected chi connectivity index (χ3v) is 2.91. The molecule has 2 aromatic rings. The zero-order valence-electron chi connectivity index (χ0n) is 9.50. The maximum absolute atomic E-state index is 13.5. The molecule has 2 rings (SSSR count). The van der Waals surface area contributed by atoms with Crippen molar-refractivity contribution in [2.24, 2.45) is 0 Å². The normalized spacial score (nSPS) is 10.3. The predicted octanol–water partition coefficient (Wildman–Crippen LogP) is 4.79. The minimum absolute atomic E-state index is 0.318. The molecular formula is C14H13ClFN. The fourth-order valence-corrected chi connectivity index (χ4v) is 1.80. The van der Waals surface area contributed by atoms with E-state index in [0.29, 0.717) is 10.7 Å². The van der Waals surface area contributed by atoms with E-state index in [4.69, 9.17) is 11.6 Å². The molecule has 0 aliphatic rings. The summed E-state index contributed by atoms with van der Waals surface area (Å²) in [6, 6.07) is 12.5. The Bertz CT molecular complexity index is 488. The smallest absolute Gasteiger partial charge is 0.148 e. The molecule has 3 heteroatoms. The number of para-hydroxylation sites is 1. The summed E-state index contributed by atoms with van der Waals surface area (Å²) in [5.41, 5.74) is 2.39. The van der Waals surface area contributed by atoms with Gasteiger partial charge in [-0.25, -0.2) is 4.39 Å². The summed E-state index contributed by atoms with van der Waals surface area (Å²) in [6.45, 7) is 2.09. The Hall–Kier alpha value is -1.54. The highest BCUT2D eigenvalue weighted by Gasteiger charge is 2.06. The fraction of sp³-hybridized carbons (Fsp3) is 0.143. The molecule has 0 aromatic heterocycles. The zero-order valence-corrected chi connectivity index (χ0v) is 10.3. The molecule has 0 atom stereocenters. The molecule has 17 heavy (non-hydrogen) atoms. The van der Waals surface area contributed by atoms with Crippen LogP contribution in [0.3, 0.4) is 0 Å². The lowest BCUT2D eigenvalue weighted by Crippen LogP contribution is -1.94. The molecule has 0 saturated heterocycles. The van der Waals surface area contributed by atoms with Crippen molar-refractivity contribution in [2.75, 3.05) is 5.32 Å². The van der Waals surface area contributed by atoms with E-state index in [0.717, 1.165) is 12.1 Å². The van der Waals surface area contributed by atoms with Crippen LogP contribution in [0.1, 0.15) is 12.5 Å². The van der Waals surface area contributed by atoms with Gasteiger partial charge in [0.1, 0.15) is 5.82 Å². The van der Waals surface area contributed by atoms with Crippen LogP contribution in [0.15, 0.2) is 42.5 Å². The van der Waals surface area contributed by atoms with Gasteiger partial charge in [-0.15, -0.1) is 0 Å². The molecule has 88 valence electrons. The second-order valence-corrected chi connectivity index (χ2v) is 4.18. The Morgan fingerprint density at radius 1 is 1.12 bits per heavy atom. The van der Waals surface area contributed by atoms with Crippen molar-refractivity contribution in [1.82, 2.24) is 0 Å². The minimum atomic E-state index is -0.350. The molecule has 0 spiro atoms. The quantitative estimate of drug-likeness (QED) is 0.825. The van der Waals surface area contributed by atoms with Crippen molar-refractivity contribution in [3.63, 3.8) is 0 Å². The molecular weight excluding hydrogens is 237 g/mol. The van der Waals surface area contributed by atoms with Crippen molar-refractivity contribution in [2.45, 2.75) is 13.3 Å². The Kier molecular flexibility index (Phi) is 3.64. The number of rotatable bonds is 3.